The Morgan fingerprint density at radius 3 is 2.62 bits per heavy atom. The van der Waals surface area contributed by atoms with E-state index in [1.165, 1.54) is 0 Å². The summed E-state index contributed by atoms with van der Waals surface area (Å²) in [5.41, 5.74) is 8.09. The highest BCUT2D eigenvalue weighted by molar-refractivity contribution is 5.94. The molecule has 0 bridgehead atoms. The second-order valence-electron chi connectivity index (χ2n) is 5.78. The van der Waals surface area contributed by atoms with Crippen molar-refractivity contribution in [1.29, 1.82) is 0 Å². The maximum absolute atomic E-state index is 12.6. The molecule has 2 amide bonds. The zero-order valence-electron chi connectivity index (χ0n) is 13.9. The SMILES string of the molecule is Cc1cccc(N(CCC(N)=O)C(=O)CCCc2ccccn2)c1. The monoisotopic (exact) mass is 325 g/mol. The molecule has 1 aromatic heterocycles. The van der Waals surface area contributed by atoms with E-state index in [2.05, 4.69) is 4.98 Å². The Labute approximate surface area is 142 Å². The van der Waals surface area contributed by atoms with Gasteiger partial charge in [0, 0.05) is 37.0 Å². The van der Waals surface area contributed by atoms with Crippen LogP contribution < -0.4 is 10.6 Å². The summed E-state index contributed by atoms with van der Waals surface area (Å²) in [6, 6.07) is 13.5. The van der Waals surface area contributed by atoms with Gasteiger partial charge >= 0.3 is 0 Å². The van der Waals surface area contributed by atoms with Gasteiger partial charge in [0.15, 0.2) is 0 Å². The fraction of sp³-hybridized carbons (Fsp3) is 0.316. The molecule has 2 rings (SSSR count). The van der Waals surface area contributed by atoms with Gasteiger partial charge in [-0.3, -0.25) is 14.6 Å². The van der Waals surface area contributed by atoms with E-state index in [9.17, 15) is 9.59 Å². The number of pyridine rings is 1. The molecule has 0 fully saturated rings. The Morgan fingerprint density at radius 1 is 1.12 bits per heavy atom. The number of carbonyl (C=O) groups is 2. The molecule has 0 saturated heterocycles. The van der Waals surface area contributed by atoms with Crippen LogP contribution in [-0.4, -0.2) is 23.3 Å². The van der Waals surface area contributed by atoms with E-state index < -0.39 is 5.91 Å². The summed E-state index contributed by atoms with van der Waals surface area (Å²) in [4.78, 5) is 29.6. The molecule has 0 radical (unpaired) electrons. The van der Waals surface area contributed by atoms with E-state index in [0.29, 0.717) is 19.4 Å². The van der Waals surface area contributed by atoms with Crippen molar-refractivity contribution in [2.75, 3.05) is 11.4 Å². The Bertz CT molecular complexity index is 686. The molecule has 5 heteroatoms. The van der Waals surface area contributed by atoms with Gasteiger partial charge in [0.05, 0.1) is 0 Å². The Kier molecular flexibility index (Phi) is 6.49. The molecular formula is C19H23N3O2. The summed E-state index contributed by atoms with van der Waals surface area (Å²) >= 11 is 0. The number of hydrogen-bond donors (Lipinski definition) is 1. The molecule has 0 unspecified atom stereocenters. The van der Waals surface area contributed by atoms with Crippen LogP contribution in [0.3, 0.4) is 0 Å². The summed E-state index contributed by atoms with van der Waals surface area (Å²) in [6.07, 6.45) is 3.78. The summed E-state index contributed by atoms with van der Waals surface area (Å²) < 4.78 is 0. The lowest BCUT2D eigenvalue weighted by atomic mass is 10.1. The van der Waals surface area contributed by atoms with Gasteiger partial charge in [0.25, 0.3) is 0 Å². The van der Waals surface area contributed by atoms with E-state index in [-0.39, 0.29) is 12.3 Å². The third kappa shape index (κ3) is 5.50. The molecule has 0 atom stereocenters. The fourth-order valence-corrected chi connectivity index (χ4v) is 2.52. The first-order chi connectivity index (χ1) is 11.6. The molecule has 0 aliphatic heterocycles. The number of nitrogens with two attached hydrogens (primary N) is 1. The highest BCUT2D eigenvalue weighted by Gasteiger charge is 2.16. The van der Waals surface area contributed by atoms with Crippen molar-refractivity contribution in [2.24, 2.45) is 5.73 Å². The van der Waals surface area contributed by atoms with Crippen molar-refractivity contribution >= 4 is 17.5 Å². The van der Waals surface area contributed by atoms with Gasteiger partial charge in [-0.05, 0) is 49.6 Å². The molecule has 0 saturated carbocycles. The number of amides is 2. The van der Waals surface area contributed by atoms with Crippen LogP contribution in [0.4, 0.5) is 5.69 Å². The minimum absolute atomic E-state index is 0.00205. The van der Waals surface area contributed by atoms with Crippen LogP contribution in [0.25, 0.3) is 0 Å². The van der Waals surface area contributed by atoms with E-state index in [1.54, 1.807) is 11.1 Å². The third-order valence-electron chi connectivity index (χ3n) is 3.75. The molecule has 24 heavy (non-hydrogen) atoms. The Hall–Kier alpha value is -2.69. The Balaban J connectivity index is 1.99. The maximum atomic E-state index is 12.6. The lowest BCUT2D eigenvalue weighted by Crippen LogP contribution is -2.34. The average Bonchev–Trinajstić information content (AvgIpc) is 2.56. The van der Waals surface area contributed by atoms with Crippen molar-refractivity contribution in [2.45, 2.75) is 32.6 Å². The standard InChI is InChI=1S/C19H23N3O2/c1-15-6-4-9-17(14-15)22(13-11-18(20)23)19(24)10-5-8-16-7-2-3-12-21-16/h2-4,6-7,9,12,14H,5,8,10-11,13H2,1H3,(H2,20,23). The smallest absolute Gasteiger partial charge is 0.227 e. The van der Waals surface area contributed by atoms with Gasteiger partial charge in [0.2, 0.25) is 11.8 Å². The average molecular weight is 325 g/mol. The van der Waals surface area contributed by atoms with E-state index in [1.807, 2.05) is 49.4 Å². The number of aromatic nitrogens is 1. The minimum Gasteiger partial charge on any atom is -0.370 e. The molecular weight excluding hydrogens is 302 g/mol. The zero-order chi connectivity index (χ0) is 17.4. The van der Waals surface area contributed by atoms with Crippen molar-refractivity contribution in [3.05, 3.63) is 59.9 Å². The van der Waals surface area contributed by atoms with Crippen molar-refractivity contribution in [3.8, 4) is 0 Å². The van der Waals surface area contributed by atoms with Gasteiger partial charge < -0.3 is 10.6 Å². The van der Waals surface area contributed by atoms with Crippen molar-refractivity contribution < 1.29 is 9.59 Å². The number of hydrogen-bond acceptors (Lipinski definition) is 3. The number of anilines is 1. The summed E-state index contributed by atoms with van der Waals surface area (Å²) in [6.45, 7) is 2.28. The van der Waals surface area contributed by atoms with Gasteiger partial charge in [-0.15, -0.1) is 0 Å². The number of nitrogens with zero attached hydrogens (tertiary/aromatic N) is 2. The summed E-state index contributed by atoms with van der Waals surface area (Å²) in [5, 5.41) is 0. The molecule has 0 aliphatic rings. The van der Waals surface area contributed by atoms with Crippen LogP contribution in [-0.2, 0) is 16.0 Å². The molecule has 1 aromatic carbocycles. The predicted molar refractivity (Wildman–Crippen MR) is 94.5 cm³/mol. The first-order valence-corrected chi connectivity index (χ1v) is 8.11. The third-order valence-corrected chi connectivity index (χ3v) is 3.75. The number of rotatable bonds is 8. The van der Waals surface area contributed by atoms with Crippen molar-refractivity contribution in [1.82, 2.24) is 4.98 Å². The molecule has 2 N–H and O–H groups in total. The van der Waals surface area contributed by atoms with E-state index in [4.69, 9.17) is 5.73 Å². The number of carbonyl (C=O) groups excluding carboxylic acids is 2. The first kappa shape index (κ1) is 17.7. The van der Waals surface area contributed by atoms with E-state index >= 15 is 0 Å². The fourth-order valence-electron chi connectivity index (χ4n) is 2.52. The molecule has 1 heterocycles. The highest BCUT2D eigenvalue weighted by atomic mass is 16.2. The van der Waals surface area contributed by atoms with Gasteiger partial charge in [-0.2, -0.15) is 0 Å². The first-order valence-electron chi connectivity index (χ1n) is 8.11. The Morgan fingerprint density at radius 2 is 1.96 bits per heavy atom. The van der Waals surface area contributed by atoms with Crippen LogP contribution in [0.1, 0.15) is 30.5 Å². The molecule has 0 spiro atoms. The topological polar surface area (TPSA) is 76.3 Å². The molecule has 0 aliphatic carbocycles. The number of benzene rings is 1. The second kappa shape index (κ2) is 8.82. The van der Waals surface area contributed by atoms with Gasteiger partial charge in [0.1, 0.15) is 0 Å². The van der Waals surface area contributed by atoms with Crippen LogP contribution >= 0.6 is 0 Å². The van der Waals surface area contributed by atoms with Crippen LogP contribution in [0.15, 0.2) is 48.7 Å². The minimum atomic E-state index is -0.408. The normalized spacial score (nSPS) is 10.4. The largest absolute Gasteiger partial charge is 0.370 e. The van der Waals surface area contributed by atoms with Gasteiger partial charge in [-0.25, -0.2) is 0 Å². The molecule has 126 valence electrons. The highest BCUT2D eigenvalue weighted by Crippen LogP contribution is 2.18. The number of aryl methyl sites for hydroxylation is 2. The summed E-state index contributed by atoms with van der Waals surface area (Å²) in [7, 11) is 0. The number of primary amides is 1. The molecule has 5 nitrogen and oxygen atoms in total. The van der Waals surface area contributed by atoms with Crippen LogP contribution in [0.5, 0.6) is 0 Å². The second-order valence-corrected chi connectivity index (χ2v) is 5.78. The molecule has 2 aromatic rings. The van der Waals surface area contributed by atoms with E-state index in [0.717, 1.165) is 23.4 Å². The lowest BCUT2D eigenvalue weighted by Gasteiger charge is -2.23. The van der Waals surface area contributed by atoms with Crippen molar-refractivity contribution in [3.63, 3.8) is 0 Å². The lowest BCUT2D eigenvalue weighted by molar-refractivity contribution is -0.119. The zero-order valence-corrected chi connectivity index (χ0v) is 13.9. The maximum Gasteiger partial charge on any atom is 0.227 e. The quantitative estimate of drug-likeness (QED) is 0.810. The summed E-state index contributed by atoms with van der Waals surface area (Å²) in [5.74, 6) is -0.410. The van der Waals surface area contributed by atoms with Gasteiger partial charge in [-0.1, -0.05) is 18.2 Å². The van der Waals surface area contributed by atoms with Crippen LogP contribution in [0, 0.1) is 6.92 Å². The predicted octanol–water partition coefficient (Wildman–Crippen LogP) is 2.62. The van der Waals surface area contributed by atoms with Crippen LogP contribution in [0.2, 0.25) is 0 Å².